The van der Waals surface area contributed by atoms with Crippen molar-refractivity contribution in [3.63, 3.8) is 0 Å². The number of nitrogens with one attached hydrogen (secondary N) is 1. The third-order valence-electron chi connectivity index (χ3n) is 5.34. The van der Waals surface area contributed by atoms with E-state index in [1.807, 2.05) is 0 Å². The molecule has 42 heavy (non-hydrogen) atoms. The lowest BCUT2D eigenvalue weighted by atomic mass is 9.89. The van der Waals surface area contributed by atoms with Crippen LogP contribution in [0.15, 0.2) is 0 Å². The minimum Gasteiger partial charge on any atom is -0.459 e. The maximum Gasteiger partial charge on any atom is 0.460 e. The fourth-order valence-corrected chi connectivity index (χ4v) is 4.20. The molecule has 1 N–H and O–H groups in total. The first-order valence-electron chi connectivity index (χ1n) is 10.7. The van der Waals surface area contributed by atoms with Crippen LogP contribution in [0.3, 0.4) is 0 Å². The number of carbonyl (C=O) groups excluding carboxylic acids is 2. The zero-order chi connectivity index (χ0) is 33.9. The summed E-state index contributed by atoms with van der Waals surface area (Å²) in [7, 11) is 0. The van der Waals surface area contributed by atoms with Gasteiger partial charge in [0.2, 0.25) is 0 Å². The van der Waals surface area contributed by atoms with Gasteiger partial charge < -0.3 is 10.1 Å². The van der Waals surface area contributed by atoms with Crippen molar-refractivity contribution in [1.29, 1.82) is 0 Å². The standard InChI is InChI=1S/C20H16F17NO3S/c1-5-8-7(4)42-10(9(8)11(39)41-6(2)3)38-12(40)13(21,22)14(23,24)15(25,26)16(27,28)17(29,30)18(31,32)19(33,34)20(35,36)37/h6H,5H2,1-4H3,(H,38,40). The smallest absolute Gasteiger partial charge is 0.459 e. The summed E-state index contributed by atoms with van der Waals surface area (Å²) in [5.74, 6) is -63.9. The molecule has 0 saturated heterocycles. The summed E-state index contributed by atoms with van der Waals surface area (Å²) in [6.45, 7) is 4.99. The zero-order valence-corrected chi connectivity index (χ0v) is 21.7. The fraction of sp³-hybridized carbons (Fsp3) is 0.700. The van der Waals surface area contributed by atoms with Crippen LogP contribution in [0.4, 0.5) is 79.6 Å². The third kappa shape index (κ3) is 5.35. The zero-order valence-electron chi connectivity index (χ0n) is 20.8. The van der Waals surface area contributed by atoms with Crippen LogP contribution in [0, 0.1) is 6.92 Å². The minimum absolute atomic E-state index is 0.0112. The summed E-state index contributed by atoms with van der Waals surface area (Å²) in [4.78, 5) is 24.2. The van der Waals surface area contributed by atoms with Crippen LogP contribution in [0.1, 0.15) is 41.6 Å². The lowest BCUT2D eigenvalue weighted by Crippen LogP contribution is -2.75. The van der Waals surface area contributed by atoms with Gasteiger partial charge in [-0.1, -0.05) is 6.92 Å². The number of rotatable bonds is 11. The van der Waals surface area contributed by atoms with Crippen LogP contribution in [-0.2, 0) is 16.0 Å². The lowest BCUT2D eigenvalue weighted by molar-refractivity contribution is -0.459. The van der Waals surface area contributed by atoms with Gasteiger partial charge in [-0.3, -0.25) is 4.79 Å². The molecule has 1 heterocycles. The molecule has 4 nitrogen and oxygen atoms in total. The van der Waals surface area contributed by atoms with Gasteiger partial charge in [0.25, 0.3) is 0 Å². The predicted octanol–water partition coefficient (Wildman–Crippen LogP) is 8.13. The van der Waals surface area contributed by atoms with Crippen molar-refractivity contribution in [3.8, 4) is 0 Å². The molecule has 0 aliphatic heterocycles. The number of ether oxygens (including phenoxy) is 1. The normalized spacial score (nSPS) is 14.8. The van der Waals surface area contributed by atoms with Crippen LogP contribution >= 0.6 is 11.3 Å². The molecule has 1 aromatic heterocycles. The molecule has 1 aromatic rings. The Labute approximate surface area is 227 Å². The van der Waals surface area contributed by atoms with Crippen molar-refractivity contribution >= 4 is 28.2 Å². The van der Waals surface area contributed by atoms with Gasteiger partial charge in [-0.25, -0.2) is 4.79 Å². The van der Waals surface area contributed by atoms with Gasteiger partial charge in [-0.15, -0.1) is 11.3 Å². The maximum absolute atomic E-state index is 14.3. The Hall–Kier alpha value is -2.55. The molecule has 1 amide bonds. The lowest BCUT2D eigenvalue weighted by Gasteiger charge is -2.42. The van der Waals surface area contributed by atoms with Gasteiger partial charge in [0.05, 0.1) is 11.7 Å². The number of aryl methyl sites for hydroxylation is 1. The van der Waals surface area contributed by atoms with Crippen molar-refractivity contribution in [2.75, 3.05) is 5.32 Å². The number of thiophene rings is 1. The number of carbonyl (C=O) groups is 2. The Morgan fingerprint density at radius 3 is 1.45 bits per heavy atom. The highest BCUT2D eigenvalue weighted by atomic mass is 32.1. The van der Waals surface area contributed by atoms with Crippen molar-refractivity contribution in [2.24, 2.45) is 0 Å². The van der Waals surface area contributed by atoms with E-state index in [9.17, 15) is 84.2 Å². The van der Waals surface area contributed by atoms with Gasteiger partial charge in [0, 0.05) is 4.88 Å². The largest absolute Gasteiger partial charge is 0.460 e. The Morgan fingerprint density at radius 2 is 1.10 bits per heavy atom. The molecule has 0 saturated carbocycles. The summed E-state index contributed by atoms with van der Waals surface area (Å²) in [5.41, 5.74) is -0.917. The first-order valence-corrected chi connectivity index (χ1v) is 11.5. The Bertz CT molecular complexity index is 1190. The van der Waals surface area contributed by atoms with Crippen LogP contribution in [0.25, 0.3) is 0 Å². The Balaban J connectivity index is 3.68. The summed E-state index contributed by atoms with van der Waals surface area (Å²) in [6, 6.07) is 0. The highest BCUT2D eigenvalue weighted by molar-refractivity contribution is 7.16. The van der Waals surface area contributed by atoms with E-state index in [1.54, 1.807) is 0 Å². The molecule has 0 fully saturated rings. The number of alkyl halides is 17. The van der Waals surface area contributed by atoms with E-state index < -0.39 is 76.2 Å². The molecule has 0 unspecified atom stereocenters. The van der Waals surface area contributed by atoms with Crippen LogP contribution in [0.2, 0.25) is 0 Å². The van der Waals surface area contributed by atoms with E-state index in [2.05, 4.69) is 0 Å². The monoisotopic (exact) mass is 673 g/mol. The van der Waals surface area contributed by atoms with E-state index in [1.165, 1.54) is 20.8 Å². The molecule has 0 atom stereocenters. The molecule has 0 bridgehead atoms. The van der Waals surface area contributed by atoms with E-state index in [0.29, 0.717) is 0 Å². The molecular formula is C20H16F17NO3S. The van der Waals surface area contributed by atoms with Gasteiger partial charge in [-0.05, 0) is 32.8 Å². The van der Waals surface area contributed by atoms with Gasteiger partial charge >= 0.3 is 59.5 Å². The number of anilines is 1. The van der Waals surface area contributed by atoms with Gasteiger partial charge in [0.15, 0.2) is 0 Å². The Kier molecular flexibility index (Phi) is 9.69. The average molecular weight is 673 g/mol. The van der Waals surface area contributed by atoms with Crippen molar-refractivity contribution in [1.82, 2.24) is 0 Å². The fourth-order valence-electron chi connectivity index (χ4n) is 3.07. The van der Waals surface area contributed by atoms with E-state index >= 15 is 0 Å². The molecule has 0 aliphatic rings. The van der Waals surface area contributed by atoms with Crippen LogP contribution < -0.4 is 5.32 Å². The van der Waals surface area contributed by atoms with Crippen molar-refractivity contribution < 1.29 is 89.0 Å². The van der Waals surface area contributed by atoms with Crippen LogP contribution in [0.5, 0.6) is 0 Å². The number of amides is 1. The Morgan fingerprint density at radius 1 is 0.714 bits per heavy atom. The SMILES string of the molecule is CCc1c(C)sc(NC(=O)C(F)(F)C(F)(F)C(F)(F)C(F)(F)C(F)(F)C(F)(F)C(F)(F)C(F)(F)F)c1C(=O)OC(C)C. The summed E-state index contributed by atoms with van der Waals surface area (Å²) < 4.78 is 233. The molecule has 0 aromatic carbocycles. The maximum atomic E-state index is 14.3. The molecule has 0 radical (unpaired) electrons. The van der Waals surface area contributed by atoms with Gasteiger partial charge in [0.1, 0.15) is 5.00 Å². The number of esters is 1. The first-order chi connectivity index (χ1) is 18.3. The molecule has 244 valence electrons. The minimum atomic E-state index is -8.81. The molecule has 22 heteroatoms. The third-order valence-corrected chi connectivity index (χ3v) is 6.41. The summed E-state index contributed by atoms with van der Waals surface area (Å²) in [5, 5.41) is -0.337. The topological polar surface area (TPSA) is 55.4 Å². The highest BCUT2D eigenvalue weighted by Crippen LogP contribution is 2.64. The molecule has 0 spiro atoms. The van der Waals surface area contributed by atoms with Crippen molar-refractivity contribution in [3.05, 3.63) is 16.0 Å². The van der Waals surface area contributed by atoms with Gasteiger partial charge in [-0.2, -0.15) is 74.6 Å². The van der Waals surface area contributed by atoms with E-state index in [0.717, 1.165) is 12.2 Å². The number of hydrogen-bond acceptors (Lipinski definition) is 4. The van der Waals surface area contributed by atoms with Crippen LogP contribution in [-0.4, -0.2) is 65.6 Å². The molecule has 0 aliphatic carbocycles. The predicted molar refractivity (Wildman–Crippen MR) is 108 cm³/mol. The van der Waals surface area contributed by atoms with Crippen molar-refractivity contribution in [2.45, 2.75) is 87.9 Å². The average Bonchev–Trinajstić information content (AvgIpc) is 3.11. The highest BCUT2D eigenvalue weighted by Gasteiger charge is 2.95. The van der Waals surface area contributed by atoms with E-state index in [4.69, 9.17) is 4.74 Å². The second-order valence-electron chi connectivity index (χ2n) is 8.62. The summed E-state index contributed by atoms with van der Waals surface area (Å²) in [6.07, 6.45) is -8.96. The second-order valence-corrected chi connectivity index (χ2v) is 9.85. The molecular weight excluding hydrogens is 657 g/mol. The second kappa shape index (κ2) is 10.9. The quantitative estimate of drug-likeness (QED) is 0.191. The number of halogens is 17. The van der Waals surface area contributed by atoms with E-state index in [-0.39, 0.29) is 28.2 Å². The summed E-state index contributed by atoms with van der Waals surface area (Å²) >= 11 is 0.146. The molecule has 1 rings (SSSR count). The number of hydrogen-bond donors (Lipinski definition) is 1. The first kappa shape index (κ1) is 37.5.